The summed E-state index contributed by atoms with van der Waals surface area (Å²) in [6.45, 7) is 7.43. The number of hydrogen-bond donors (Lipinski definition) is 1. The number of thiophene rings is 1. The number of aromatic nitrogens is 2. The van der Waals surface area contributed by atoms with E-state index in [1.54, 1.807) is 19.1 Å². The van der Waals surface area contributed by atoms with E-state index in [4.69, 9.17) is 11.6 Å². The van der Waals surface area contributed by atoms with E-state index in [2.05, 4.69) is 10.3 Å². The number of hydrogen-bond acceptors (Lipinski definition) is 4. The van der Waals surface area contributed by atoms with E-state index in [0.29, 0.717) is 20.9 Å². The van der Waals surface area contributed by atoms with E-state index in [-0.39, 0.29) is 11.5 Å². The van der Waals surface area contributed by atoms with Crippen molar-refractivity contribution in [3.05, 3.63) is 55.9 Å². The molecule has 2 heterocycles. The van der Waals surface area contributed by atoms with Crippen molar-refractivity contribution in [2.75, 3.05) is 5.32 Å². The molecule has 130 valence electrons. The summed E-state index contributed by atoms with van der Waals surface area (Å²) in [7, 11) is 0. The van der Waals surface area contributed by atoms with Gasteiger partial charge in [0.1, 0.15) is 10.9 Å². The van der Waals surface area contributed by atoms with Gasteiger partial charge in [0.2, 0.25) is 5.91 Å². The highest BCUT2D eigenvalue weighted by Crippen LogP contribution is 2.26. The summed E-state index contributed by atoms with van der Waals surface area (Å²) in [5.41, 5.74) is 2.25. The van der Waals surface area contributed by atoms with Gasteiger partial charge in [-0.25, -0.2) is 4.98 Å². The van der Waals surface area contributed by atoms with Crippen LogP contribution in [0, 0.1) is 20.8 Å². The smallest absolute Gasteiger partial charge is 0.263 e. The van der Waals surface area contributed by atoms with Crippen molar-refractivity contribution in [2.24, 2.45) is 0 Å². The van der Waals surface area contributed by atoms with E-state index >= 15 is 0 Å². The minimum atomic E-state index is -0.691. The Hall–Kier alpha value is -2.18. The Morgan fingerprint density at radius 2 is 2.04 bits per heavy atom. The van der Waals surface area contributed by atoms with Crippen LogP contribution in [0.1, 0.15) is 29.0 Å². The highest BCUT2D eigenvalue weighted by Gasteiger charge is 2.20. The van der Waals surface area contributed by atoms with Gasteiger partial charge in [0.15, 0.2) is 0 Å². The molecule has 0 aliphatic carbocycles. The Bertz CT molecular complexity index is 1040. The van der Waals surface area contributed by atoms with Crippen LogP contribution in [0.3, 0.4) is 0 Å². The summed E-state index contributed by atoms with van der Waals surface area (Å²) in [6.07, 6.45) is 1.44. The molecule has 0 aliphatic heterocycles. The van der Waals surface area contributed by atoms with Gasteiger partial charge in [-0.1, -0.05) is 17.7 Å². The molecule has 5 nitrogen and oxygen atoms in total. The van der Waals surface area contributed by atoms with Crippen LogP contribution in [0.15, 0.2) is 29.3 Å². The van der Waals surface area contributed by atoms with Crippen LogP contribution in [0.5, 0.6) is 0 Å². The molecular formula is C18H18ClN3O2S. The fourth-order valence-corrected chi connectivity index (χ4v) is 3.74. The largest absolute Gasteiger partial charge is 0.324 e. The van der Waals surface area contributed by atoms with Crippen molar-refractivity contribution in [2.45, 2.75) is 33.7 Å². The summed E-state index contributed by atoms with van der Waals surface area (Å²) in [5.74, 6) is -0.298. The third-order valence-corrected chi connectivity index (χ3v) is 5.87. The third-order valence-electron chi connectivity index (χ3n) is 4.35. The fraction of sp³-hybridized carbons (Fsp3) is 0.278. The molecule has 0 saturated heterocycles. The predicted octanol–water partition coefficient (Wildman–Crippen LogP) is 4.24. The van der Waals surface area contributed by atoms with Crippen molar-refractivity contribution in [1.82, 2.24) is 9.55 Å². The number of fused-ring (bicyclic) bond motifs is 1. The number of nitrogens with one attached hydrogen (secondary N) is 1. The number of benzene rings is 1. The molecule has 1 atom stereocenters. The minimum Gasteiger partial charge on any atom is -0.324 e. The summed E-state index contributed by atoms with van der Waals surface area (Å²) in [5, 5.41) is 3.96. The van der Waals surface area contributed by atoms with Gasteiger partial charge < -0.3 is 5.32 Å². The zero-order valence-corrected chi connectivity index (χ0v) is 16.0. The van der Waals surface area contributed by atoms with Crippen LogP contribution in [-0.4, -0.2) is 15.5 Å². The molecule has 0 fully saturated rings. The molecule has 25 heavy (non-hydrogen) atoms. The summed E-state index contributed by atoms with van der Waals surface area (Å²) >= 11 is 7.58. The molecule has 3 rings (SSSR count). The highest BCUT2D eigenvalue weighted by molar-refractivity contribution is 7.18. The van der Waals surface area contributed by atoms with Crippen LogP contribution >= 0.6 is 22.9 Å². The average molecular weight is 376 g/mol. The minimum absolute atomic E-state index is 0.198. The zero-order chi connectivity index (χ0) is 18.3. The molecular weight excluding hydrogens is 358 g/mol. The first kappa shape index (κ1) is 17.6. The molecule has 0 bridgehead atoms. The van der Waals surface area contributed by atoms with Crippen molar-refractivity contribution in [3.63, 3.8) is 0 Å². The zero-order valence-electron chi connectivity index (χ0n) is 14.4. The second-order valence-corrected chi connectivity index (χ2v) is 7.66. The Kier molecular flexibility index (Phi) is 4.67. The van der Waals surface area contributed by atoms with Crippen LogP contribution in [-0.2, 0) is 4.79 Å². The van der Waals surface area contributed by atoms with Crippen molar-refractivity contribution >= 4 is 44.7 Å². The fourth-order valence-electron chi connectivity index (χ4n) is 2.57. The van der Waals surface area contributed by atoms with Crippen molar-refractivity contribution < 1.29 is 4.79 Å². The maximum Gasteiger partial charge on any atom is 0.263 e. The lowest BCUT2D eigenvalue weighted by Crippen LogP contribution is -2.31. The standard InChI is InChI=1S/C18H18ClN3O2S/c1-9-5-6-13(7-14(9)19)21-16(23)11(3)22-8-20-17-15(18(22)24)10(2)12(4)25-17/h5-8,11H,1-4H3,(H,21,23). The third kappa shape index (κ3) is 3.19. The Morgan fingerprint density at radius 3 is 2.72 bits per heavy atom. The molecule has 1 aromatic carbocycles. The van der Waals surface area contributed by atoms with E-state index in [1.807, 2.05) is 26.8 Å². The quantitative estimate of drug-likeness (QED) is 0.744. The lowest BCUT2D eigenvalue weighted by atomic mass is 10.2. The second kappa shape index (κ2) is 6.61. The Morgan fingerprint density at radius 1 is 1.32 bits per heavy atom. The molecule has 0 spiro atoms. The average Bonchev–Trinajstić information content (AvgIpc) is 2.86. The normalized spacial score (nSPS) is 12.4. The molecule has 3 aromatic rings. The molecule has 0 saturated carbocycles. The molecule has 0 aliphatic rings. The topological polar surface area (TPSA) is 64.0 Å². The summed E-state index contributed by atoms with van der Waals surface area (Å²) in [6, 6.07) is 4.62. The number of carbonyl (C=O) groups excluding carboxylic acids is 1. The molecule has 1 amide bonds. The first-order valence-corrected chi connectivity index (χ1v) is 9.03. The Labute approximate surface area is 154 Å². The van der Waals surface area contributed by atoms with Crippen LogP contribution in [0.2, 0.25) is 5.02 Å². The number of nitrogens with zero attached hydrogens (tertiary/aromatic N) is 2. The van der Waals surface area contributed by atoms with Crippen molar-refractivity contribution in [3.8, 4) is 0 Å². The maximum absolute atomic E-state index is 12.8. The number of rotatable bonds is 3. The van der Waals surface area contributed by atoms with E-state index in [1.165, 1.54) is 22.2 Å². The lowest BCUT2D eigenvalue weighted by Gasteiger charge is -2.15. The molecule has 1 N–H and O–H groups in total. The molecule has 0 radical (unpaired) electrons. The number of carbonyl (C=O) groups is 1. The van der Waals surface area contributed by atoms with Crippen LogP contribution in [0.25, 0.3) is 10.2 Å². The Balaban J connectivity index is 1.93. The summed E-state index contributed by atoms with van der Waals surface area (Å²) in [4.78, 5) is 31.4. The van der Waals surface area contributed by atoms with Gasteiger partial charge in [0, 0.05) is 15.6 Å². The van der Waals surface area contributed by atoms with Gasteiger partial charge in [-0.3, -0.25) is 14.2 Å². The van der Waals surface area contributed by atoms with Gasteiger partial charge in [-0.2, -0.15) is 0 Å². The first-order valence-electron chi connectivity index (χ1n) is 7.83. The molecule has 7 heteroatoms. The SMILES string of the molecule is Cc1ccc(NC(=O)C(C)n2cnc3sc(C)c(C)c3c2=O)cc1Cl. The number of anilines is 1. The second-order valence-electron chi connectivity index (χ2n) is 6.05. The predicted molar refractivity (Wildman–Crippen MR) is 103 cm³/mol. The number of aryl methyl sites for hydroxylation is 3. The summed E-state index contributed by atoms with van der Waals surface area (Å²) < 4.78 is 1.37. The van der Waals surface area contributed by atoms with Gasteiger partial charge in [0.25, 0.3) is 5.56 Å². The van der Waals surface area contributed by atoms with Gasteiger partial charge in [0.05, 0.1) is 11.7 Å². The van der Waals surface area contributed by atoms with Crippen molar-refractivity contribution in [1.29, 1.82) is 0 Å². The number of halogens is 1. The molecule has 1 unspecified atom stereocenters. The van der Waals surface area contributed by atoms with E-state index in [0.717, 1.165) is 16.0 Å². The monoisotopic (exact) mass is 375 g/mol. The number of amides is 1. The first-order chi connectivity index (χ1) is 11.8. The maximum atomic E-state index is 12.8. The van der Waals surface area contributed by atoms with Gasteiger partial charge in [-0.15, -0.1) is 11.3 Å². The molecule has 2 aromatic heterocycles. The van der Waals surface area contributed by atoms with E-state index in [9.17, 15) is 9.59 Å². The van der Waals surface area contributed by atoms with Gasteiger partial charge >= 0.3 is 0 Å². The van der Waals surface area contributed by atoms with Crippen LogP contribution in [0.4, 0.5) is 5.69 Å². The van der Waals surface area contributed by atoms with Crippen LogP contribution < -0.4 is 10.9 Å². The van der Waals surface area contributed by atoms with Gasteiger partial charge in [-0.05, 0) is 51.0 Å². The lowest BCUT2D eigenvalue weighted by molar-refractivity contribution is -0.118. The van der Waals surface area contributed by atoms with E-state index < -0.39 is 6.04 Å². The highest BCUT2D eigenvalue weighted by atomic mass is 35.5.